The zero-order valence-corrected chi connectivity index (χ0v) is 24.5. The van der Waals surface area contributed by atoms with Crippen LogP contribution in [0, 0.1) is 6.92 Å². The maximum absolute atomic E-state index is 14.7. The number of nitrogens with zero attached hydrogens (tertiary/aromatic N) is 2. The van der Waals surface area contributed by atoms with E-state index in [1.54, 1.807) is 17.0 Å². The average molecular weight is 593 g/mol. The number of fused-ring (bicyclic) bond motifs is 1. The minimum atomic E-state index is -1.15. The summed E-state index contributed by atoms with van der Waals surface area (Å²) >= 11 is 1.43. The fraction of sp³-hybridized carbons (Fsp3) is 0.469. The number of aliphatic hydroxyl groups is 1. The Bertz CT molecular complexity index is 1430. The Morgan fingerprint density at radius 1 is 1.26 bits per heavy atom. The van der Waals surface area contributed by atoms with Crippen LogP contribution in [0.4, 0.5) is 4.39 Å². The fourth-order valence-electron chi connectivity index (χ4n) is 6.37. The summed E-state index contributed by atoms with van der Waals surface area (Å²) in [7, 11) is 0. The predicted octanol–water partition coefficient (Wildman–Crippen LogP) is 4.16. The largest absolute Gasteiger partial charge is 0.493 e. The lowest BCUT2D eigenvalue weighted by molar-refractivity contribution is 0.0724. The Morgan fingerprint density at radius 2 is 2.10 bits per heavy atom. The lowest BCUT2D eigenvalue weighted by Crippen LogP contribution is -2.52. The Hall–Kier alpha value is -3.34. The number of nitrogens with one attached hydrogen (secondary N) is 2. The number of carbonyl (C=O) groups is 2. The number of amides is 2. The predicted molar refractivity (Wildman–Crippen MR) is 159 cm³/mol. The molecule has 3 aromatic rings. The molecule has 222 valence electrons. The van der Waals surface area contributed by atoms with E-state index in [1.807, 2.05) is 42.6 Å². The SMILES string of the molecule is Cc1csc([C@H]2C[C@H](F)CN2C(=O)c2cc(C(=O)N[C@@H](Cc3ccccc3)[C@H](O)[C@H]3CCCN3)cc3c2CCCO3)n1. The Kier molecular flexibility index (Phi) is 8.55. The van der Waals surface area contributed by atoms with Crippen LogP contribution < -0.4 is 15.4 Å². The third kappa shape index (κ3) is 6.07. The molecule has 0 radical (unpaired) electrons. The van der Waals surface area contributed by atoms with Crippen molar-refractivity contribution in [3.8, 4) is 5.75 Å². The minimum Gasteiger partial charge on any atom is -0.493 e. The van der Waals surface area contributed by atoms with Gasteiger partial charge in [-0.1, -0.05) is 30.3 Å². The molecule has 42 heavy (non-hydrogen) atoms. The van der Waals surface area contributed by atoms with Gasteiger partial charge in [-0.25, -0.2) is 9.37 Å². The zero-order valence-electron chi connectivity index (χ0n) is 23.7. The monoisotopic (exact) mass is 592 g/mol. The second-order valence-electron chi connectivity index (χ2n) is 11.5. The highest BCUT2D eigenvalue weighted by Crippen LogP contribution is 2.38. The zero-order chi connectivity index (χ0) is 29.2. The first kappa shape index (κ1) is 28.8. The molecule has 8 nitrogen and oxygen atoms in total. The van der Waals surface area contributed by atoms with E-state index >= 15 is 0 Å². The van der Waals surface area contributed by atoms with Crippen LogP contribution in [-0.2, 0) is 12.8 Å². The van der Waals surface area contributed by atoms with Gasteiger partial charge in [0.25, 0.3) is 11.8 Å². The number of aliphatic hydroxyl groups excluding tert-OH is 1. The molecule has 4 heterocycles. The molecular formula is C32H37FN4O4S. The van der Waals surface area contributed by atoms with Gasteiger partial charge in [0.05, 0.1) is 31.3 Å². The van der Waals surface area contributed by atoms with Crippen LogP contribution >= 0.6 is 11.3 Å². The number of likely N-dealkylation sites (tertiary alicyclic amines) is 1. The first-order valence-corrected chi connectivity index (χ1v) is 15.7. The number of carbonyl (C=O) groups excluding carboxylic acids is 2. The number of halogens is 1. The third-order valence-corrected chi connectivity index (χ3v) is 9.56. The van der Waals surface area contributed by atoms with Gasteiger partial charge in [0.1, 0.15) is 16.9 Å². The first-order valence-electron chi connectivity index (χ1n) is 14.8. The highest BCUT2D eigenvalue weighted by atomic mass is 32.1. The molecule has 2 saturated heterocycles. The van der Waals surface area contributed by atoms with E-state index in [4.69, 9.17) is 4.74 Å². The highest BCUT2D eigenvalue weighted by Gasteiger charge is 2.40. The van der Waals surface area contributed by atoms with E-state index in [1.165, 1.54) is 11.3 Å². The molecule has 1 aromatic heterocycles. The molecule has 5 atom stereocenters. The summed E-state index contributed by atoms with van der Waals surface area (Å²) in [5.41, 5.74) is 3.23. The molecule has 3 aliphatic rings. The van der Waals surface area contributed by atoms with Gasteiger partial charge in [-0.2, -0.15) is 0 Å². The summed E-state index contributed by atoms with van der Waals surface area (Å²) in [5, 5.41) is 20.3. The first-order chi connectivity index (χ1) is 20.4. The Morgan fingerprint density at radius 3 is 2.83 bits per heavy atom. The summed E-state index contributed by atoms with van der Waals surface area (Å²) in [6.45, 7) is 3.19. The molecule has 0 spiro atoms. The van der Waals surface area contributed by atoms with Crippen molar-refractivity contribution in [1.82, 2.24) is 20.5 Å². The summed E-state index contributed by atoms with van der Waals surface area (Å²) in [4.78, 5) is 34.0. The fourth-order valence-corrected chi connectivity index (χ4v) is 7.29. The summed E-state index contributed by atoms with van der Waals surface area (Å²) < 4.78 is 20.7. The van der Waals surface area contributed by atoms with Gasteiger partial charge >= 0.3 is 0 Å². The molecule has 2 fully saturated rings. The maximum Gasteiger partial charge on any atom is 0.254 e. The molecule has 3 aliphatic heterocycles. The van der Waals surface area contributed by atoms with Crippen LogP contribution in [0.1, 0.15) is 74.3 Å². The van der Waals surface area contributed by atoms with E-state index in [0.717, 1.165) is 47.6 Å². The number of hydrogen-bond acceptors (Lipinski definition) is 7. The maximum atomic E-state index is 14.7. The highest BCUT2D eigenvalue weighted by molar-refractivity contribution is 7.09. The number of thiazole rings is 1. The van der Waals surface area contributed by atoms with E-state index in [9.17, 15) is 19.1 Å². The summed E-state index contributed by atoms with van der Waals surface area (Å²) in [6.07, 6.45) is 1.91. The Balaban J connectivity index is 1.30. The van der Waals surface area contributed by atoms with Crippen molar-refractivity contribution in [2.75, 3.05) is 19.7 Å². The number of hydrogen-bond donors (Lipinski definition) is 3. The molecule has 3 N–H and O–H groups in total. The van der Waals surface area contributed by atoms with Crippen molar-refractivity contribution in [3.05, 3.63) is 80.8 Å². The van der Waals surface area contributed by atoms with Crippen LogP contribution in [0.25, 0.3) is 0 Å². The molecule has 0 bridgehead atoms. The minimum absolute atomic E-state index is 0.0199. The number of benzene rings is 2. The molecule has 0 saturated carbocycles. The van der Waals surface area contributed by atoms with Gasteiger partial charge < -0.3 is 25.4 Å². The third-order valence-electron chi connectivity index (χ3n) is 8.50. The van der Waals surface area contributed by atoms with Crippen molar-refractivity contribution in [2.24, 2.45) is 0 Å². The molecule has 2 aromatic carbocycles. The normalized spacial score (nSPS) is 23.2. The Labute approximate surface area is 249 Å². The van der Waals surface area contributed by atoms with Gasteiger partial charge in [0, 0.05) is 40.2 Å². The lowest BCUT2D eigenvalue weighted by Gasteiger charge is -2.29. The molecular weight excluding hydrogens is 555 g/mol. The van der Waals surface area contributed by atoms with Crippen molar-refractivity contribution in [2.45, 2.75) is 75.8 Å². The van der Waals surface area contributed by atoms with Crippen LogP contribution in [0.5, 0.6) is 5.75 Å². The van der Waals surface area contributed by atoms with E-state index in [-0.39, 0.29) is 30.5 Å². The van der Waals surface area contributed by atoms with Gasteiger partial charge in [0.2, 0.25) is 0 Å². The standard InChI is InChI=1S/C32H37FN4O4S/c1-19-18-42-31(35-19)27-16-22(33)17-37(27)32(40)24-14-21(15-28-23(24)9-6-12-41-28)30(39)36-26(13-20-7-3-2-4-8-20)29(38)25-10-5-11-34-25/h2-4,7-8,14-15,18,22,25-27,29,34,38H,5-6,9-13,16-17H2,1H3,(H,36,39)/t22-,25+,26-,27+,29+/m0/s1. The second-order valence-corrected chi connectivity index (χ2v) is 12.4. The number of aryl methyl sites for hydroxylation is 1. The van der Waals surface area contributed by atoms with E-state index in [2.05, 4.69) is 15.6 Å². The number of alkyl halides is 1. The van der Waals surface area contributed by atoms with Crippen LogP contribution in [0.3, 0.4) is 0 Å². The lowest BCUT2D eigenvalue weighted by atomic mass is 9.93. The van der Waals surface area contributed by atoms with Crippen molar-refractivity contribution in [3.63, 3.8) is 0 Å². The average Bonchev–Trinajstić information content (AvgIpc) is 3.77. The van der Waals surface area contributed by atoms with Crippen molar-refractivity contribution in [1.29, 1.82) is 0 Å². The van der Waals surface area contributed by atoms with Gasteiger partial charge in [-0.05, 0) is 63.3 Å². The van der Waals surface area contributed by atoms with E-state index < -0.39 is 30.3 Å². The summed E-state index contributed by atoms with van der Waals surface area (Å²) in [5.74, 6) is -0.205. The van der Waals surface area contributed by atoms with Crippen LogP contribution in [0.2, 0.25) is 0 Å². The van der Waals surface area contributed by atoms with Crippen LogP contribution in [0.15, 0.2) is 47.8 Å². The number of rotatable bonds is 8. The van der Waals surface area contributed by atoms with E-state index in [0.29, 0.717) is 30.8 Å². The number of aromatic nitrogens is 1. The van der Waals surface area contributed by atoms with Crippen molar-refractivity contribution < 1.29 is 23.8 Å². The molecule has 0 unspecified atom stereocenters. The van der Waals surface area contributed by atoms with Gasteiger partial charge in [0.15, 0.2) is 0 Å². The van der Waals surface area contributed by atoms with Crippen molar-refractivity contribution >= 4 is 23.2 Å². The van der Waals surface area contributed by atoms with Crippen LogP contribution in [-0.4, -0.2) is 70.9 Å². The molecule has 0 aliphatic carbocycles. The second kappa shape index (κ2) is 12.5. The molecule has 2 amide bonds. The van der Waals surface area contributed by atoms with Gasteiger partial charge in [-0.3, -0.25) is 9.59 Å². The summed E-state index contributed by atoms with van der Waals surface area (Å²) in [6, 6.07) is 12.0. The van der Waals surface area contributed by atoms with Gasteiger partial charge in [-0.15, -0.1) is 11.3 Å². The smallest absolute Gasteiger partial charge is 0.254 e. The molecule has 10 heteroatoms. The quantitative estimate of drug-likeness (QED) is 0.363. The number of ether oxygens (including phenoxy) is 1. The topological polar surface area (TPSA) is 104 Å². The molecule has 6 rings (SSSR count).